The number of aromatic nitrogens is 2. The van der Waals surface area contributed by atoms with Crippen LogP contribution in [0.3, 0.4) is 0 Å². The Morgan fingerprint density at radius 3 is 2.94 bits per heavy atom. The van der Waals surface area contributed by atoms with Gasteiger partial charge in [0.15, 0.2) is 5.82 Å². The summed E-state index contributed by atoms with van der Waals surface area (Å²) in [5, 5.41) is 3.06. The van der Waals surface area contributed by atoms with Gasteiger partial charge in [-0.3, -0.25) is 4.79 Å². The van der Waals surface area contributed by atoms with E-state index in [9.17, 15) is 4.79 Å². The Balaban J connectivity index is 2.45. The van der Waals surface area contributed by atoms with Crippen LogP contribution in [0.5, 0.6) is 0 Å². The first-order valence-corrected chi connectivity index (χ1v) is 6.18. The lowest BCUT2D eigenvalue weighted by molar-refractivity contribution is 0.711. The predicted molar refractivity (Wildman–Crippen MR) is 67.2 cm³/mol. The average Bonchev–Trinajstić information content (AvgIpc) is 2.31. The number of unbranched alkanes of at least 4 members (excludes halogenated alkanes) is 2. The van der Waals surface area contributed by atoms with Crippen molar-refractivity contribution in [1.82, 2.24) is 9.55 Å². The van der Waals surface area contributed by atoms with Crippen molar-refractivity contribution in [2.45, 2.75) is 32.7 Å². The molecule has 0 aliphatic heterocycles. The van der Waals surface area contributed by atoms with Crippen LogP contribution >= 0.6 is 11.6 Å². The molecule has 1 aromatic heterocycles. The van der Waals surface area contributed by atoms with Gasteiger partial charge in [-0.1, -0.05) is 6.42 Å². The third-order valence-electron chi connectivity index (χ3n) is 2.36. The summed E-state index contributed by atoms with van der Waals surface area (Å²) in [4.78, 5) is 15.8. The molecule has 0 fully saturated rings. The number of nitrogens with one attached hydrogen (secondary N) is 1. The fraction of sp³-hybridized carbons (Fsp3) is 0.636. The topological polar surface area (TPSA) is 46.9 Å². The second kappa shape index (κ2) is 7.28. The van der Waals surface area contributed by atoms with Crippen LogP contribution in [0, 0.1) is 0 Å². The monoisotopic (exact) mass is 243 g/mol. The summed E-state index contributed by atoms with van der Waals surface area (Å²) in [5.74, 6) is 1.14. The third-order valence-corrected chi connectivity index (χ3v) is 2.62. The van der Waals surface area contributed by atoms with E-state index >= 15 is 0 Å². The molecular weight excluding hydrogens is 226 g/mol. The quantitative estimate of drug-likeness (QED) is 0.589. The summed E-state index contributed by atoms with van der Waals surface area (Å²) < 4.78 is 1.63. The van der Waals surface area contributed by atoms with Crippen LogP contribution in [0.1, 0.15) is 26.2 Å². The van der Waals surface area contributed by atoms with E-state index in [2.05, 4.69) is 10.3 Å². The summed E-state index contributed by atoms with van der Waals surface area (Å²) in [7, 11) is 0. The molecule has 90 valence electrons. The van der Waals surface area contributed by atoms with Gasteiger partial charge in [0.25, 0.3) is 5.56 Å². The van der Waals surface area contributed by atoms with Gasteiger partial charge < -0.3 is 9.88 Å². The SMILES string of the molecule is CCn1ccnc(NCCCCCCl)c1=O. The van der Waals surface area contributed by atoms with Gasteiger partial charge in [-0.05, 0) is 19.8 Å². The van der Waals surface area contributed by atoms with Gasteiger partial charge in [-0.25, -0.2) is 4.98 Å². The first-order chi connectivity index (χ1) is 7.79. The maximum Gasteiger partial charge on any atom is 0.293 e. The number of alkyl halides is 1. The van der Waals surface area contributed by atoms with E-state index in [0.717, 1.165) is 25.8 Å². The van der Waals surface area contributed by atoms with Crippen LogP contribution < -0.4 is 10.9 Å². The number of anilines is 1. The van der Waals surface area contributed by atoms with Gasteiger partial charge in [0.2, 0.25) is 0 Å². The molecule has 0 bridgehead atoms. The highest BCUT2D eigenvalue weighted by atomic mass is 35.5. The molecule has 0 radical (unpaired) electrons. The van der Waals surface area contributed by atoms with Crippen LogP contribution in [0.15, 0.2) is 17.2 Å². The molecule has 1 aromatic rings. The Bertz CT molecular complexity index is 364. The molecule has 0 aliphatic rings. The first-order valence-electron chi connectivity index (χ1n) is 5.65. The van der Waals surface area contributed by atoms with Crippen molar-refractivity contribution in [3.63, 3.8) is 0 Å². The fourth-order valence-electron chi connectivity index (χ4n) is 1.42. The van der Waals surface area contributed by atoms with Crippen molar-refractivity contribution in [1.29, 1.82) is 0 Å². The first kappa shape index (κ1) is 13.0. The van der Waals surface area contributed by atoms with Crippen molar-refractivity contribution in [3.8, 4) is 0 Å². The molecule has 0 unspecified atom stereocenters. The van der Waals surface area contributed by atoms with Crippen molar-refractivity contribution in [2.75, 3.05) is 17.7 Å². The van der Waals surface area contributed by atoms with Crippen LogP contribution in [-0.2, 0) is 6.54 Å². The molecular formula is C11H18ClN3O. The molecule has 16 heavy (non-hydrogen) atoms. The largest absolute Gasteiger partial charge is 0.365 e. The number of rotatable bonds is 7. The number of nitrogens with zero attached hydrogens (tertiary/aromatic N) is 2. The van der Waals surface area contributed by atoms with Crippen molar-refractivity contribution in [3.05, 3.63) is 22.7 Å². The Labute approximate surface area is 101 Å². The molecule has 1 N–H and O–H groups in total. The molecule has 4 nitrogen and oxygen atoms in total. The van der Waals surface area contributed by atoms with Crippen LogP contribution in [-0.4, -0.2) is 22.0 Å². The van der Waals surface area contributed by atoms with E-state index in [0.29, 0.717) is 18.2 Å². The van der Waals surface area contributed by atoms with E-state index in [4.69, 9.17) is 11.6 Å². The van der Waals surface area contributed by atoms with Gasteiger partial charge in [0.05, 0.1) is 0 Å². The van der Waals surface area contributed by atoms with Gasteiger partial charge in [-0.15, -0.1) is 11.6 Å². The van der Waals surface area contributed by atoms with Crippen molar-refractivity contribution < 1.29 is 0 Å². The minimum Gasteiger partial charge on any atom is -0.365 e. The Morgan fingerprint density at radius 1 is 1.44 bits per heavy atom. The minimum absolute atomic E-state index is 0.0534. The van der Waals surface area contributed by atoms with Crippen molar-refractivity contribution in [2.24, 2.45) is 0 Å². The highest BCUT2D eigenvalue weighted by Crippen LogP contribution is 1.99. The number of aryl methyl sites for hydroxylation is 1. The van der Waals surface area contributed by atoms with Crippen LogP contribution in [0.2, 0.25) is 0 Å². The average molecular weight is 244 g/mol. The lowest BCUT2D eigenvalue weighted by atomic mass is 10.2. The Kier molecular flexibility index (Phi) is 5.93. The second-order valence-corrected chi connectivity index (χ2v) is 3.92. The molecule has 1 heterocycles. The lowest BCUT2D eigenvalue weighted by Crippen LogP contribution is -2.24. The normalized spacial score (nSPS) is 10.4. The van der Waals surface area contributed by atoms with E-state index in [-0.39, 0.29) is 5.56 Å². The summed E-state index contributed by atoms with van der Waals surface area (Å²) >= 11 is 5.58. The Hall–Kier alpha value is -1.03. The molecule has 1 rings (SSSR count). The number of hydrogen-bond donors (Lipinski definition) is 1. The fourth-order valence-corrected chi connectivity index (χ4v) is 1.61. The molecule has 0 aliphatic carbocycles. The molecule has 0 saturated carbocycles. The van der Waals surface area contributed by atoms with E-state index in [1.54, 1.807) is 17.0 Å². The van der Waals surface area contributed by atoms with Crippen LogP contribution in [0.25, 0.3) is 0 Å². The molecule has 0 aromatic carbocycles. The predicted octanol–water partition coefficient (Wildman–Crippen LogP) is 2.08. The maximum atomic E-state index is 11.7. The van der Waals surface area contributed by atoms with Crippen LogP contribution in [0.4, 0.5) is 5.82 Å². The van der Waals surface area contributed by atoms with E-state index in [1.165, 1.54) is 0 Å². The maximum absolute atomic E-state index is 11.7. The Morgan fingerprint density at radius 2 is 2.25 bits per heavy atom. The standard InChI is InChI=1S/C11H18ClN3O/c1-2-15-9-8-14-10(11(15)16)13-7-5-3-4-6-12/h8-9H,2-7H2,1H3,(H,13,14). The smallest absolute Gasteiger partial charge is 0.293 e. The van der Waals surface area contributed by atoms with E-state index in [1.807, 2.05) is 6.92 Å². The summed E-state index contributed by atoms with van der Waals surface area (Å²) in [6.45, 7) is 3.38. The van der Waals surface area contributed by atoms with Gasteiger partial charge in [-0.2, -0.15) is 0 Å². The highest BCUT2D eigenvalue weighted by Gasteiger charge is 2.01. The number of halogens is 1. The molecule has 5 heteroatoms. The molecule has 0 saturated heterocycles. The lowest BCUT2D eigenvalue weighted by Gasteiger charge is -2.06. The highest BCUT2D eigenvalue weighted by molar-refractivity contribution is 6.17. The van der Waals surface area contributed by atoms with Crippen molar-refractivity contribution >= 4 is 17.4 Å². The zero-order valence-electron chi connectivity index (χ0n) is 9.58. The summed E-state index contributed by atoms with van der Waals surface area (Å²) in [6, 6.07) is 0. The minimum atomic E-state index is -0.0534. The summed E-state index contributed by atoms with van der Waals surface area (Å²) in [5.41, 5.74) is -0.0534. The van der Waals surface area contributed by atoms with E-state index < -0.39 is 0 Å². The summed E-state index contributed by atoms with van der Waals surface area (Å²) in [6.07, 6.45) is 6.44. The second-order valence-electron chi connectivity index (χ2n) is 3.54. The van der Waals surface area contributed by atoms with Gasteiger partial charge in [0.1, 0.15) is 0 Å². The number of hydrogen-bond acceptors (Lipinski definition) is 3. The third kappa shape index (κ3) is 3.85. The molecule has 0 spiro atoms. The van der Waals surface area contributed by atoms with Gasteiger partial charge in [0, 0.05) is 31.4 Å². The van der Waals surface area contributed by atoms with Gasteiger partial charge >= 0.3 is 0 Å². The zero-order chi connectivity index (χ0) is 11.8. The molecule has 0 atom stereocenters. The molecule has 0 amide bonds. The zero-order valence-corrected chi connectivity index (χ0v) is 10.3.